The fourth-order valence-electron chi connectivity index (χ4n) is 3.00. The number of amides is 1. The normalized spacial score (nSPS) is 11.5. The van der Waals surface area contributed by atoms with Gasteiger partial charge in [-0.25, -0.2) is 8.42 Å². The maximum atomic E-state index is 13.2. The first-order valence-electron chi connectivity index (χ1n) is 9.66. The van der Waals surface area contributed by atoms with Crippen molar-refractivity contribution in [1.29, 1.82) is 0 Å². The molecule has 0 aromatic heterocycles. The van der Waals surface area contributed by atoms with E-state index in [2.05, 4.69) is 5.32 Å². The van der Waals surface area contributed by atoms with Crippen molar-refractivity contribution in [3.63, 3.8) is 0 Å². The maximum absolute atomic E-state index is 13.2. The number of halogens is 2. The number of rotatable bonds is 9. The van der Waals surface area contributed by atoms with Crippen molar-refractivity contribution in [2.45, 2.75) is 17.9 Å². The van der Waals surface area contributed by atoms with Gasteiger partial charge >= 0.3 is 0 Å². The fraction of sp³-hybridized carbons (Fsp3) is 0.174. The van der Waals surface area contributed by atoms with Crippen LogP contribution >= 0.6 is 23.2 Å². The first-order chi connectivity index (χ1) is 14.9. The summed E-state index contributed by atoms with van der Waals surface area (Å²) in [6, 6.07) is 22.7. The number of hydrogen-bond acceptors (Lipinski definition) is 3. The van der Waals surface area contributed by atoms with E-state index in [0.29, 0.717) is 22.0 Å². The third-order valence-electron chi connectivity index (χ3n) is 4.68. The average Bonchev–Trinajstić information content (AvgIpc) is 2.77. The van der Waals surface area contributed by atoms with Gasteiger partial charge in [-0.1, -0.05) is 77.8 Å². The number of benzene rings is 3. The van der Waals surface area contributed by atoms with E-state index < -0.39 is 15.9 Å². The van der Waals surface area contributed by atoms with E-state index in [9.17, 15) is 13.2 Å². The zero-order chi connectivity index (χ0) is 22.3. The lowest BCUT2D eigenvalue weighted by Gasteiger charge is -2.22. The minimum atomic E-state index is -3.83. The van der Waals surface area contributed by atoms with E-state index >= 15 is 0 Å². The van der Waals surface area contributed by atoms with Crippen molar-refractivity contribution >= 4 is 39.1 Å². The zero-order valence-electron chi connectivity index (χ0n) is 16.7. The highest BCUT2D eigenvalue weighted by atomic mass is 35.5. The molecule has 0 atom stereocenters. The van der Waals surface area contributed by atoms with Gasteiger partial charge < -0.3 is 5.32 Å². The van der Waals surface area contributed by atoms with E-state index in [-0.39, 0.29) is 24.5 Å². The quantitative estimate of drug-likeness (QED) is 0.492. The van der Waals surface area contributed by atoms with Gasteiger partial charge in [-0.15, -0.1) is 0 Å². The highest BCUT2D eigenvalue weighted by molar-refractivity contribution is 7.89. The van der Waals surface area contributed by atoms with Gasteiger partial charge in [0.2, 0.25) is 15.9 Å². The Morgan fingerprint density at radius 2 is 1.55 bits per heavy atom. The van der Waals surface area contributed by atoms with Crippen LogP contribution in [-0.4, -0.2) is 31.7 Å². The van der Waals surface area contributed by atoms with Crippen LogP contribution in [0.3, 0.4) is 0 Å². The van der Waals surface area contributed by atoms with Crippen LogP contribution in [0.1, 0.15) is 11.1 Å². The molecule has 0 saturated heterocycles. The molecule has 0 unspecified atom stereocenters. The number of sulfonamides is 1. The second kappa shape index (κ2) is 10.8. The van der Waals surface area contributed by atoms with Crippen LogP contribution in [0.2, 0.25) is 10.0 Å². The SMILES string of the molecule is O=C(CN(CCc1ccccc1)S(=O)(=O)c1ccccc1)NCc1ccc(Cl)cc1Cl. The molecule has 0 heterocycles. The molecule has 0 spiro atoms. The smallest absolute Gasteiger partial charge is 0.243 e. The molecule has 3 aromatic rings. The molecule has 3 rings (SSSR count). The summed E-state index contributed by atoms with van der Waals surface area (Å²) in [5.74, 6) is -0.418. The minimum absolute atomic E-state index is 0.150. The molecule has 3 aromatic carbocycles. The van der Waals surface area contributed by atoms with E-state index in [1.807, 2.05) is 30.3 Å². The molecule has 0 bridgehead atoms. The van der Waals surface area contributed by atoms with E-state index in [1.54, 1.807) is 36.4 Å². The number of carbonyl (C=O) groups is 1. The topological polar surface area (TPSA) is 66.5 Å². The van der Waals surface area contributed by atoms with Crippen molar-refractivity contribution in [2.24, 2.45) is 0 Å². The first kappa shape index (κ1) is 23.3. The van der Waals surface area contributed by atoms with Crippen molar-refractivity contribution < 1.29 is 13.2 Å². The average molecular weight is 477 g/mol. The molecule has 0 aliphatic heterocycles. The molecule has 0 fully saturated rings. The predicted molar refractivity (Wildman–Crippen MR) is 124 cm³/mol. The predicted octanol–water partition coefficient (Wildman–Crippen LogP) is 4.54. The van der Waals surface area contributed by atoms with Gasteiger partial charge in [0, 0.05) is 23.1 Å². The zero-order valence-corrected chi connectivity index (χ0v) is 19.0. The Bertz CT molecular complexity index is 1120. The monoisotopic (exact) mass is 476 g/mol. The first-order valence-corrected chi connectivity index (χ1v) is 11.9. The number of carbonyl (C=O) groups excluding carboxylic acids is 1. The van der Waals surface area contributed by atoms with Crippen molar-refractivity contribution in [3.05, 3.63) is 100 Å². The molecule has 31 heavy (non-hydrogen) atoms. The van der Waals surface area contributed by atoms with E-state index in [1.165, 1.54) is 16.4 Å². The molecular formula is C23H22Cl2N2O3S. The summed E-state index contributed by atoms with van der Waals surface area (Å²) in [5, 5.41) is 3.68. The molecule has 162 valence electrons. The Balaban J connectivity index is 1.73. The lowest BCUT2D eigenvalue weighted by atomic mass is 10.1. The highest BCUT2D eigenvalue weighted by Gasteiger charge is 2.26. The second-order valence-electron chi connectivity index (χ2n) is 6.90. The fourth-order valence-corrected chi connectivity index (χ4v) is 4.89. The van der Waals surface area contributed by atoms with Gasteiger partial charge in [0.1, 0.15) is 0 Å². The molecule has 1 N–H and O–H groups in total. The molecule has 8 heteroatoms. The number of nitrogens with one attached hydrogen (secondary N) is 1. The van der Waals surface area contributed by atoms with Crippen LogP contribution < -0.4 is 5.32 Å². The van der Waals surface area contributed by atoms with Crippen LogP contribution in [-0.2, 0) is 27.8 Å². The molecule has 0 aliphatic carbocycles. The maximum Gasteiger partial charge on any atom is 0.243 e. The summed E-state index contributed by atoms with van der Waals surface area (Å²) in [7, 11) is -3.83. The molecule has 0 saturated carbocycles. The van der Waals surface area contributed by atoms with Gasteiger partial charge in [0.05, 0.1) is 11.4 Å². The van der Waals surface area contributed by atoms with Gasteiger partial charge in [0.25, 0.3) is 0 Å². The Hall–Kier alpha value is -2.38. The van der Waals surface area contributed by atoms with Gasteiger partial charge in [0.15, 0.2) is 0 Å². The summed E-state index contributed by atoms with van der Waals surface area (Å²) < 4.78 is 27.5. The lowest BCUT2D eigenvalue weighted by Crippen LogP contribution is -2.41. The van der Waals surface area contributed by atoms with Gasteiger partial charge in [-0.2, -0.15) is 4.31 Å². The third-order valence-corrected chi connectivity index (χ3v) is 7.13. The summed E-state index contributed by atoms with van der Waals surface area (Å²) in [5.41, 5.74) is 1.69. The summed E-state index contributed by atoms with van der Waals surface area (Å²) >= 11 is 12.0. The van der Waals surface area contributed by atoms with Crippen molar-refractivity contribution in [3.8, 4) is 0 Å². The summed E-state index contributed by atoms with van der Waals surface area (Å²) in [6.45, 7) is 0.0539. The van der Waals surface area contributed by atoms with Gasteiger partial charge in [-0.3, -0.25) is 4.79 Å². The Kier molecular flexibility index (Phi) is 8.09. The Morgan fingerprint density at radius 1 is 0.903 bits per heavy atom. The number of hydrogen-bond donors (Lipinski definition) is 1. The van der Waals surface area contributed by atoms with Crippen LogP contribution in [0.25, 0.3) is 0 Å². The minimum Gasteiger partial charge on any atom is -0.351 e. The second-order valence-corrected chi connectivity index (χ2v) is 9.68. The molecular weight excluding hydrogens is 455 g/mol. The molecule has 0 radical (unpaired) electrons. The Morgan fingerprint density at radius 3 is 2.19 bits per heavy atom. The van der Waals surface area contributed by atoms with Gasteiger partial charge in [-0.05, 0) is 41.8 Å². The van der Waals surface area contributed by atoms with Crippen LogP contribution in [0.4, 0.5) is 0 Å². The van der Waals surface area contributed by atoms with Crippen LogP contribution in [0, 0.1) is 0 Å². The largest absolute Gasteiger partial charge is 0.351 e. The Labute approximate surface area is 192 Å². The van der Waals surface area contributed by atoms with Crippen molar-refractivity contribution in [2.75, 3.05) is 13.1 Å². The van der Waals surface area contributed by atoms with E-state index in [4.69, 9.17) is 23.2 Å². The highest BCUT2D eigenvalue weighted by Crippen LogP contribution is 2.21. The molecule has 0 aliphatic rings. The summed E-state index contributed by atoms with van der Waals surface area (Å²) in [4.78, 5) is 12.8. The third kappa shape index (κ3) is 6.55. The number of nitrogens with zero attached hydrogens (tertiary/aromatic N) is 1. The standard InChI is InChI=1S/C23H22Cl2N2O3S/c24-20-12-11-19(22(25)15-20)16-26-23(28)17-27(14-13-18-7-3-1-4-8-18)31(29,30)21-9-5-2-6-10-21/h1-12,15H,13-14,16-17H2,(H,26,28). The van der Waals surface area contributed by atoms with Crippen molar-refractivity contribution in [1.82, 2.24) is 9.62 Å². The van der Waals surface area contributed by atoms with Crippen LogP contribution in [0.5, 0.6) is 0 Å². The molecule has 5 nitrogen and oxygen atoms in total. The summed E-state index contributed by atoms with van der Waals surface area (Å²) in [6.07, 6.45) is 0.489. The molecule has 1 amide bonds. The van der Waals surface area contributed by atoms with E-state index in [0.717, 1.165) is 5.56 Å². The lowest BCUT2D eigenvalue weighted by molar-refractivity contribution is -0.121. The van der Waals surface area contributed by atoms with Crippen LogP contribution in [0.15, 0.2) is 83.8 Å².